The van der Waals surface area contributed by atoms with Crippen LogP contribution in [0.1, 0.15) is 10.4 Å². The first-order valence-corrected chi connectivity index (χ1v) is 7.11. The van der Waals surface area contributed by atoms with E-state index in [0.717, 1.165) is 6.07 Å². The van der Waals surface area contributed by atoms with Crippen molar-refractivity contribution < 1.29 is 17.6 Å². The van der Waals surface area contributed by atoms with Crippen molar-refractivity contribution in [1.82, 2.24) is 10.3 Å². The van der Waals surface area contributed by atoms with Crippen molar-refractivity contribution in [2.75, 3.05) is 0 Å². The van der Waals surface area contributed by atoms with E-state index in [2.05, 4.69) is 0 Å². The fraction of sp³-hybridized carbons (Fsp3) is 0. The van der Waals surface area contributed by atoms with Crippen molar-refractivity contribution in [2.45, 2.75) is 4.90 Å². The molecule has 0 aliphatic rings. The lowest BCUT2D eigenvalue weighted by molar-refractivity contribution is 0.0941. The molecule has 0 unspecified atom stereocenters. The van der Waals surface area contributed by atoms with Gasteiger partial charge >= 0.3 is 0 Å². The molecule has 0 radical (unpaired) electrons. The number of rotatable bonds is 4. The van der Waals surface area contributed by atoms with Crippen molar-refractivity contribution in [1.29, 1.82) is 0 Å². The molecule has 0 heterocycles. The number of hydrazine groups is 1. The molecule has 0 bridgehead atoms. The summed E-state index contributed by atoms with van der Waals surface area (Å²) in [5, 5.41) is 0. The Morgan fingerprint density at radius 1 is 0.950 bits per heavy atom. The number of nitrogens with one attached hydrogen (secondary N) is 2. The summed E-state index contributed by atoms with van der Waals surface area (Å²) in [7, 11) is -3.88. The Hall–Kier alpha value is -2.25. The molecule has 0 aromatic heterocycles. The van der Waals surface area contributed by atoms with E-state index < -0.39 is 21.7 Å². The summed E-state index contributed by atoms with van der Waals surface area (Å²) in [6.45, 7) is 0. The average Bonchev–Trinajstić information content (AvgIpc) is 2.46. The topological polar surface area (TPSA) is 75.3 Å². The maximum Gasteiger partial charge on any atom is 0.269 e. The van der Waals surface area contributed by atoms with Crippen LogP contribution in [-0.2, 0) is 10.0 Å². The molecule has 7 heteroatoms. The molecule has 2 N–H and O–H groups in total. The summed E-state index contributed by atoms with van der Waals surface area (Å²) < 4.78 is 37.0. The van der Waals surface area contributed by atoms with E-state index in [1.807, 2.05) is 10.3 Å². The number of hydrogen-bond acceptors (Lipinski definition) is 3. The molecule has 2 rings (SSSR count). The Labute approximate surface area is 115 Å². The number of benzene rings is 2. The monoisotopic (exact) mass is 294 g/mol. The van der Waals surface area contributed by atoms with Gasteiger partial charge in [-0.25, -0.2) is 12.8 Å². The van der Waals surface area contributed by atoms with Crippen LogP contribution in [-0.4, -0.2) is 14.3 Å². The Bertz CT molecular complexity index is 717. The highest BCUT2D eigenvalue weighted by molar-refractivity contribution is 7.89. The van der Waals surface area contributed by atoms with Crippen molar-refractivity contribution in [3.05, 3.63) is 66.0 Å². The van der Waals surface area contributed by atoms with Gasteiger partial charge in [0.1, 0.15) is 5.82 Å². The highest BCUT2D eigenvalue weighted by Crippen LogP contribution is 2.07. The van der Waals surface area contributed by atoms with E-state index in [1.165, 1.54) is 30.3 Å². The first-order chi connectivity index (χ1) is 9.50. The summed E-state index contributed by atoms with van der Waals surface area (Å²) in [5.74, 6) is -1.61. The molecule has 1 amide bonds. The average molecular weight is 294 g/mol. The maximum atomic E-state index is 13.3. The van der Waals surface area contributed by atoms with Gasteiger partial charge in [-0.2, -0.15) is 0 Å². The van der Waals surface area contributed by atoms with Gasteiger partial charge in [-0.15, -0.1) is 4.83 Å². The zero-order valence-corrected chi connectivity index (χ0v) is 11.0. The van der Waals surface area contributed by atoms with Crippen molar-refractivity contribution in [2.24, 2.45) is 0 Å². The summed E-state index contributed by atoms with van der Waals surface area (Å²) >= 11 is 0. The van der Waals surface area contributed by atoms with Crippen LogP contribution in [0.3, 0.4) is 0 Å². The van der Waals surface area contributed by atoms with E-state index in [-0.39, 0.29) is 10.5 Å². The minimum atomic E-state index is -3.88. The lowest BCUT2D eigenvalue weighted by atomic mass is 10.2. The molecule has 0 aliphatic heterocycles. The molecule has 0 spiro atoms. The van der Waals surface area contributed by atoms with Crippen LogP contribution in [0.4, 0.5) is 4.39 Å². The molecular weight excluding hydrogens is 283 g/mol. The molecule has 104 valence electrons. The second kappa shape index (κ2) is 5.81. The lowest BCUT2D eigenvalue weighted by Crippen LogP contribution is -2.41. The van der Waals surface area contributed by atoms with Gasteiger partial charge in [0.25, 0.3) is 15.9 Å². The van der Waals surface area contributed by atoms with Gasteiger partial charge in [-0.3, -0.25) is 10.2 Å². The lowest BCUT2D eigenvalue weighted by Gasteiger charge is -2.08. The first-order valence-electron chi connectivity index (χ1n) is 5.62. The minimum Gasteiger partial charge on any atom is -0.273 e. The summed E-state index contributed by atoms with van der Waals surface area (Å²) in [4.78, 5) is 13.6. The number of sulfonamides is 1. The molecular formula is C13H11FN2O3S. The Kier molecular flexibility index (Phi) is 4.11. The van der Waals surface area contributed by atoms with Crippen LogP contribution in [0.2, 0.25) is 0 Å². The van der Waals surface area contributed by atoms with Crippen LogP contribution >= 0.6 is 0 Å². The standard InChI is InChI=1S/C13H11FN2O3S/c14-12-9-5-4-8-11(12)13(17)15-16-20(18,19)10-6-2-1-3-7-10/h1-9,16H,(H,15,17). The number of carbonyl (C=O) groups is 1. The maximum absolute atomic E-state index is 13.3. The van der Waals surface area contributed by atoms with Crippen LogP contribution in [0, 0.1) is 5.82 Å². The fourth-order valence-electron chi connectivity index (χ4n) is 1.48. The second-order valence-corrected chi connectivity index (χ2v) is 5.53. The van der Waals surface area contributed by atoms with Gasteiger partial charge in [0.15, 0.2) is 0 Å². The van der Waals surface area contributed by atoms with Crippen LogP contribution in [0.5, 0.6) is 0 Å². The third kappa shape index (κ3) is 3.19. The zero-order chi connectivity index (χ0) is 14.6. The van der Waals surface area contributed by atoms with Crippen molar-refractivity contribution >= 4 is 15.9 Å². The predicted molar refractivity (Wildman–Crippen MR) is 70.6 cm³/mol. The number of hydrogen-bond donors (Lipinski definition) is 2. The summed E-state index contributed by atoms with van der Waals surface area (Å²) in [5.41, 5.74) is 1.71. The molecule has 2 aromatic rings. The summed E-state index contributed by atoms with van der Waals surface area (Å²) in [6, 6.07) is 12.8. The minimum absolute atomic E-state index is 0.00571. The molecule has 0 atom stereocenters. The molecule has 0 fully saturated rings. The third-order valence-electron chi connectivity index (χ3n) is 2.47. The smallest absolute Gasteiger partial charge is 0.269 e. The highest BCUT2D eigenvalue weighted by Gasteiger charge is 2.16. The van der Waals surface area contributed by atoms with Gasteiger partial charge in [-0.1, -0.05) is 30.3 Å². The van der Waals surface area contributed by atoms with E-state index >= 15 is 0 Å². The molecule has 20 heavy (non-hydrogen) atoms. The van der Waals surface area contributed by atoms with Crippen molar-refractivity contribution in [3.63, 3.8) is 0 Å². The van der Waals surface area contributed by atoms with Crippen LogP contribution in [0.25, 0.3) is 0 Å². The normalized spacial score (nSPS) is 11.1. The van der Waals surface area contributed by atoms with Gasteiger partial charge in [-0.05, 0) is 24.3 Å². The summed E-state index contributed by atoms with van der Waals surface area (Å²) in [6.07, 6.45) is 0. The number of amides is 1. The van der Waals surface area contributed by atoms with Crippen LogP contribution < -0.4 is 10.3 Å². The van der Waals surface area contributed by atoms with Crippen LogP contribution in [0.15, 0.2) is 59.5 Å². The SMILES string of the molecule is O=C(NNS(=O)(=O)c1ccccc1)c1ccccc1F. The van der Waals surface area contributed by atoms with E-state index in [0.29, 0.717) is 0 Å². The Morgan fingerprint density at radius 2 is 1.55 bits per heavy atom. The fourth-order valence-corrected chi connectivity index (χ4v) is 2.35. The van der Waals surface area contributed by atoms with Gasteiger partial charge in [0.05, 0.1) is 10.5 Å². The second-order valence-electron chi connectivity index (χ2n) is 3.85. The third-order valence-corrected chi connectivity index (χ3v) is 3.73. The molecule has 0 aliphatic carbocycles. The van der Waals surface area contributed by atoms with Crippen molar-refractivity contribution in [3.8, 4) is 0 Å². The number of carbonyl (C=O) groups excluding carboxylic acids is 1. The molecule has 0 saturated carbocycles. The zero-order valence-electron chi connectivity index (χ0n) is 10.2. The highest BCUT2D eigenvalue weighted by atomic mass is 32.2. The van der Waals surface area contributed by atoms with Gasteiger partial charge in [0, 0.05) is 0 Å². The van der Waals surface area contributed by atoms with E-state index in [4.69, 9.17) is 0 Å². The first kappa shape index (κ1) is 14.2. The Morgan fingerprint density at radius 3 is 2.20 bits per heavy atom. The van der Waals surface area contributed by atoms with Gasteiger partial charge in [0.2, 0.25) is 0 Å². The molecule has 5 nitrogen and oxygen atoms in total. The Balaban J connectivity index is 2.10. The predicted octanol–water partition coefficient (Wildman–Crippen LogP) is 1.45. The molecule has 2 aromatic carbocycles. The van der Waals surface area contributed by atoms with E-state index in [9.17, 15) is 17.6 Å². The number of halogens is 1. The molecule has 0 saturated heterocycles. The largest absolute Gasteiger partial charge is 0.273 e. The van der Waals surface area contributed by atoms with Gasteiger partial charge < -0.3 is 0 Å². The van der Waals surface area contributed by atoms with E-state index in [1.54, 1.807) is 18.2 Å². The quantitative estimate of drug-likeness (QED) is 0.838.